The van der Waals surface area contributed by atoms with Crippen molar-refractivity contribution in [1.29, 1.82) is 0 Å². The number of rotatable bonds is 7. The number of hydrogen-bond acceptors (Lipinski definition) is 5. The zero-order valence-corrected chi connectivity index (χ0v) is 17.8. The molecule has 1 atom stereocenters. The van der Waals surface area contributed by atoms with Gasteiger partial charge in [-0.15, -0.1) is 0 Å². The molecule has 0 bridgehead atoms. The lowest BCUT2D eigenvalue weighted by Gasteiger charge is -2.26. The van der Waals surface area contributed by atoms with Gasteiger partial charge in [0, 0.05) is 5.69 Å². The van der Waals surface area contributed by atoms with Gasteiger partial charge < -0.3 is 14.8 Å². The molecule has 1 aliphatic heterocycles. The Kier molecular flexibility index (Phi) is 6.27. The summed E-state index contributed by atoms with van der Waals surface area (Å²) in [4.78, 5) is 12.2. The maximum absolute atomic E-state index is 13.0. The smallest absolute Gasteiger partial charge is 0.261 e. The standard InChI is InChI=1S/C23H21FN2O5S/c24-17-7-11-20(12-8-17)32(28,29)26-18-9-5-16(6-10-18)13-23(27)25-14-19-15-30-21-3-1-2-4-22(21)31-19/h1-12,19,26H,13-15H2,(H,25,27). The molecule has 0 spiro atoms. The third-order valence-electron chi connectivity index (χ3n) is 4.79. The van der Waals surface area contributed by atoms with E-state index in [1.165, 1.54) is 12.1 Å². The van der Waals surface area contributed by atoms with Gasteiger partial charge in [-0.3, -0.25) is 9.52 Å². The number of benzene rings is 3. The van der Waals surface area contributed by atoms with Gasteiger partial charge in [0.1, 0.15) is 18.5 Å². The van der Waals surface area contributed by atoms with E-state index >= 15 is 0 Å². The fourth-order valence-electron chi connectivity index (χ4n) is 3.16. The van der Waals surface area contributed by atoms with Gasteiger partial charge in [-0.25, -0.2) is 12.8 Å². The molecule has 1 heterocycles. The molecule has 166 valence electrons. The molecule has 2 N–H and O–H groups in total. The Morgan fingerprint density at radius 3 is 2.38 bits per heavy atom. The molecule has 1 unspecified atom stereocenters. The van der Waals surface area contributed by atoms with E-state index in [4.69, 9.17) is 9.47 Å². The highest BCUT2D eigenvalue weighted by Crippen LogP contribution is 2.30. The minimum Gasteiger partial charge on any atom is -0.486 e. The summed E-state index contributed by atoms with van der Waals surface area (Å²) >= 11 is 0. The van der Waals surface area contributed by atoms with Crippen molar-refractivity contribution >= 4 is 21.6 Å². The third-order valence-corrected chi connectivity index (χ3v) is 6.19. The second kappa shape index (κ2) is 9.27. The minimum absolute atomic E-state index is 0.0427. The number of amides is 1. The molecule has 0 saturated carbocycles. The van der Waals surface area contributed by atoms with Crippen LogP contribution in [-0.4, -0.2) is 33.6 Å². The Bertz CT molecular complexity index is 1200. The zero-order valence-electron chi connectivity index (χ0n) is 17.0. The summed E-state index contributed by atoms with van der Waals surface area (Å²) < 4.78 is 51.6. The number of para-hydroxylation sites is 2. The van der Waals surface area contributed by atoms with Crippen LogP contribution in [0.5, 0.6) is 11.5 Å². The number of carbonyl (C=O) groups is 1. The fourth-order valence-corrected chi connectivity index (χ4v) is 4.22. The van der Waals surface area contributed by atoms with Gasteiger partial charge >= 0.3 is 0 Å². The Morgan fingerprint density at radius 1 is 0.969 bits per heavy atom. The predicted molar refractivity (Wildman–Crippen MR) is 117 cm³/mol. The number of sulfonamides is 1. The fraction of sp³-hybridized carbons (Fsp3) is 0.174. The molecule has 0 aliphatic carbocycles. The van der Waals surface area contributed by atoms with E-state index in [1.807, 2.05) is 24.3 Å². The lowest BCUT2D eigenvalue weighted by atomic mass is 10.1. The molecule has 7 nitrogen and oxygen atoms in total. The van der Waals surface area contributed by atoms with Gasteiger partial charge in [0.15, 0.2) is 11.5 Å². The SMILES string of the molecule is O=C(Cc1ccc(NS(=O)(=O)c2ccc(F)cc2)cc1)NCC1COc2ccccc2O1. The monoisotopic (exact) mass is 456 g/mol. The van der Waals surface area contributed by atoms with Gasteiger partial charge in [0.2, 0.25) is 5.91 Å². The van der Waals surface area contributed by atoms with E-state index in [9.17, 15) is 17.6 Å². The molecule has 0 radical (unpaired) electrons. The summed E-state index contributed by atoms with van der Waals surface area (Å²) in [7, 11) is -3.83. The number of halogens is 1. The maximum Gasteiger partial charge on any atom is 0.261 e. The Hall–Kier alpha value is -3.59. The lowest BCUT2D eigenvalue weighted by Crippen LogP contribution is -2.41. The summed E-state index contributed by atoms with van der Waals surface area (Å²) in [6, 6.07) is 18.4. The largest absolute Gasteiger partial charge is 0.486 e. The first-order valence-corrected chi connectivity index (χ1v) is 11.4. The molecule has 9 heteroatoms. The van der Waals surface area contributed by atoms with Crippen molar-refractivity contribution in [3.63, 3.8) is 0 Å². The van der Waals surface area contributed by atoms with Gasteiger partial charge in [0.25, 0.3) is 10.0 Å². The summed E-state index contributed by atoms with van der Waals surface area (Å²) in [5.41, 5.74) is 1.06. The maximum atomic E-state index is 13.0. The Morgan fingerprint density at radius 2 is 1.66 bits per heavy atom. The topological polar surface area (TPSA) is 93.7 Å². The molecule has 32 heavy (non-hydrogen) atoms. The number of hydrogen-bond donors (Lipinski definition) is 2. The number of nitrogens with one attached hydrogen (secondary N) is 2. The Balaban J connectivity index is 1.28. The van der Waals surface area contributed by atoms with Crippen LogP contribution in [0.1, 0.15) is 5.56 Å². The molecular formula is C23H21FN2O5S. The number of carbonyl (C=O) groups excluding carboxylic acids is 1. The van der Waals surface area contributed by atoms with Crippen molar-refractivity contribution in [3.05, 3.63) is 84.2 Å². The van der Waals surface area contributed by atoms with Crippen molar-refractivity contribution in [2.45, 2.75) is 17.4 Å². The predicted octanol–water partition coefficient (Wildman–Crippen LogP) is 3.13. The average molecular weight is 456 g/mol. The lowest BCUT2D eigenvalue weighted by molar-refractivity contribution is -0.120. The molecule has 4 rings (SSSR count). The molecule has 1 aliphatic rings. The first-order chi connectivity index (χ1) is 15.4. The van der Waals surface area contributed by atoms with Crippen LogP contribution < -0.4 is 19.5 Å². The second-order valence-electron chi connectivity index (χ2n) is 7.23. The van der Waals surface area contributed by atoms with Crippen LogP contribution >= 0.6 is 0 Å². The van der Waals surface area contributed by atoms with Crippen molar-refractivity contribution in [1.82, 2.24) is 5.32 Å². The quantitative estimate of drug-likeness (QED) is 0.570. The highest BCUT2D eigenvalue weighted by Gasteiger charge is 2.21. The third kappa shape index (κ3) is 5.36. The van der Waals surface area contributed by atoms with Gasteiger partial charge in [-0.2, -0.15) is 0 Å². The number of anilines is 1. The van der Waals surface area contributed by atoms with Crippen LogP contribution in [-0.2, 0) is 21.2 Å². The summed E-state index contributed by atoms with van der Waals surface area (Å²) in [6.07, 6.45) is -0.146. The van der Waals surface area contributed by atoms with Crippen molar-refractivity contribution in [3.8, 4) is 11.5 Å². The molecular weight excluding hydrogens is 435 g/mol. The average Bonchev–Trinajstić information content (AvgIpc) is 2.79. The highest BCUT2D eigenvalue weighted by atomic mass is 32.2. The molecule has 0 saturated heterocycles. The summed E-state index contributed by atoms with van der Waals surface area (Å²) in [6.45, 7) is 0.656. The summed E-state index contributed by atoms with van der Waals surface area (Å²) in [5, 5.41) is 2.82. The second-order valence-corrected chi connectivity index (χ2v) is 8.92. The Labute approximate surface area is 185 Å². The number of fused-ring (bicyclic) bond motifs is 1. The zero-order chi connectivity index (χ0) is 22.6. The molecule has 1 amide bonds. The first kappa shape index (κ1) is 21.6. The van der Waals surface area contributed by atoms with E-state index < -0.39 is 15.8 Å². The van der Waals surface area contributed by atoms with E-state index in [-0.39, 0.29) is 23.3 Å². The van der Waals surface area contributed by atoms with Crippen LogP contribution in [0.15, 0.2) is 77.7 Å². The van der Waals surface area contributed by atoms with Gasteiger partial charge in [-0.05, 0) is 54.1 Å². The number of ether oxygens (including phenoxy) is 2. The van der Waals surface area contributed by atoms with Crippen molar-refractivity contribution in [2.24, 2.45) is 0 Å². The normalized spacial score (nSPS) is 15.1. The van der Waals surface area contributed by atoms with E-state index in [0.717, 1.165) is 17.7 Å². The van der Waals surface area contributed by atoms with Gasteiger partial charge in [-0.1, -0.05) is 24.3 Å². The van der Waals surface area contributed by atoms with Crippen molar-refractivity contribution < 1.29 is 27.1 Å². The van der Waals surface area contributed by atoms with E-state index in [1.54, 1.807) is 24.3 Å². The first-order valence-electron chi connectivity index (χ1n) is 9.91. The molecule has 0 fully saturated rings. The van der Waals surface area contributed by atoms with Crippen LogP contribution in [0, 0.1) is 5.82 Å². The van der Waals surface area contributed by atoms with Crippen LogP contribution in [0.2, 0.25) is 0 Å². The van der Waals surface area contributed by atoms with Gasteiger partial charge in [0.05, 0.1) is 17.9 Å². The molecule has 3 aromatic carbocycles. The summed E-state index contributed by atoms with van der Waals surface area (Å²) in [5.74, 6) is 0.632. The van der Waals surface area contributed by atoms with E-state index in [0.29, 0.717) is 30.3 Å². The van der Waals surface area contributed by atoms with Crippen LogP contribution in [0.4, 0.5) is 10.1 Å². The molecule has 0 aromatic heterocycles. The highest BCUT2D eigenvalue weighted by molar-refractivity contribution is 7.92. The minimum atomic E-state index is -3.83. The van der Waals surface area contributed by atoms with E-state index in [2.05, 4.69) is 10.0 Å². The van der Waals surface area contributed by atoms with Crippen molar-refractivity contribution in [2.75, 3.05) is 17.9 Å². The van der Waals surface area contributed by atoms with Crippen LogP contribution in [0.25, 0.3) is 0 Å². The van der Waals surface area contributed by atoms with Crippen LogP contribution in [0.3, 0.4) is 0 Å². The molecule has 3 aromatic rings.